The van der Waals surface area contributed by atoms with Gasteiger partial charge in [-0.15, -0.1) is 0 Å². The summed E-state index contributed by atoms with van der Waals surface area (Å²) in [6, 6.07) is 6.07. The number of hydrogen-bond acceptors (Lipinski definition) is 3. The molecule has 2 aromatic heterocycles. The number of aromatic nitrogens is 2. The van der Waals surface area contributed by atoms with Crippen molar-refractivity contribution < 1.29 is 4.42 Å². The summed E-state index contributed by atoms with van der Waals surface area (Å²) in [5, 5.41) is 7.81. The predicted molar refractivity (Wildman–Crippen MR) is 66.7 cm³/mol. The van der Waals surface area contributed by atoms with Gasteiger partial charge in [0.05, 0.1) is 17.7 Å². The van der Waals surface area contributed by atoms with Crippen molar-refractivity contribution in [2.24, 2.45) is 7.05 Å². The molecule has 0 aliphatic heterocycles. The first-order valence-corrected chi connectivity index (χ1v) is 6.04. The average Bonchev–Trinajstić information content (AvgIpc) is 2.94. The van der Waals surface area contributed by atoms with Crippen molar-refractivity contribution in [1.82, 2.24) is 15.1 Å². The number of nitrogens with one attached hydrogen (secondary N) is 1. The van der Waals surface area contributed by atoms with Gasteiger partial charge in [-0.05, 0) is 24.6 Å². The molecule has 0 aliphatic carbocycles. The zero-order valence-corrected chi connectivity index (χ0v) is 10.4. The van der Waals surface area contributed by atoms with Crippen LogP contribution in [0.4, 0.5) is 0 Å². The monoisotopic (exact) mass is 233 g/mol. The lowest BCUT2D eigenvalue weighted by Crippen LogP contribution is -2.18. The van der Waals surface area contributed by atoms with Gasteiger partial charge in [0, 0.05) is 26.6 Å². The predicted octanol–water partition coefficient (Wildman–Crippen LogP) is 1.91. The number of aryl methyl sites for hydroxylation is 2. The smallest absolute Gasteiger partial charge is 0.105 e. The number of hydrogen-bond donors (Lipinski definition) is 1. The van der Waals surface area contributed by atoms with Gasteiger partial charge in [0.1, 0.15) is 5.76 Å². The molecule has 0 radical (unpaired) electrons. The minimum atomic E-state index is 0.851. The van der Waals surface area contributed by atoms with Crippen LogP contribution in [0.5, 0.6) is 0 Å². The minimum Gasteiger partial charge on any atom is -0.469 e. The van der Waals surface area contributed by atoms with Gasteiger partial charge in [-0.2, -0.15) is 5.10 Å². The van der Waals surface area contributed by atoms with Gasteiger partial charge in [-0.25, -0.2) is 0 Å². The Bertz CT molecular complexity index is 445. The molecule has 4 nitrogen and oxygen atoms in total. The fourth-order valence-electron chi connectivity index (χ4n) is 1.79. The summed E-state index contributed by atoms with van der Waals surface area (Å²) < 4.78 is 7.22. The van der Waals surface area contributed by atoms with E-state index in [1.807, 2.05) is 23.9 Å². The maximum absolute atomic E-state index is 5.27. The summed E-state index contributed by atoms with van der Waals surface area (Å²) in [5.41, 5.74) is 2.37. The van der Waals surface area contributed by atoms with Gasteiger partial charge in [-0.3, -0.25) is 4.68 Å². The van der Waals surface area contributed by atoms with Crippen LogP contribution in [0.2, 0.25) is 0 Å². The second kappa shape index (κ2) is 5.68. The summed E-state index contributed by atoms with van der Waals surface area (Å²) in [6.07, 6.45) is 3.62. The van der Waals surface area contributed by atoms with Crippen molar-refractivity contribution in [1.29, 1.82) is 0 Å². The van der Waals surface area contributed by atoms with Gasteiger partial charge < -0.3 is 9.73 Å². The summed E-state index contributed by atoms with van der Waals surface area (Å²) in [7, 11) is 1.99. The fraction of sp³-hybridized carbons (Fsp3) is 0.462. The third-order valence-corrected chi connectivity index (χ3v) is 2.82. The molecule has 0 saturated carbocycles. The Kier molecular flexibility index (Phi) is 3.98. The van der Waals surface area contributed by atoms with Crippen LogP contribution in [0.1, 0.15) is 24.1 Å². The molecule has 0 spiro atoms. The van der Waals surface area contributed by atoms with Crippen molar-refractivity contribution in [3.63, 3.8) is 0 Å². The van der Waals surface area contributed by atoms with E-state index in [-0.39, 0.29) is 0 Å². The lowest BCUT2D eigenvalue weighted by Gasteiger charge is -2.03. The number of nitrogens with zero attached hydrogens (tertiary/aromatic N) is 2. The second-order valence-corrected chi connectivity index (χ2v) is 4.11. The third kappa shape index (κ3) is 3.20. The molecule has 17 heavy (non-hydrogen) atoms. The van der Waals surface area contributed by atoms with Crippen LogP contribution in [-0.4, -0.2) is 16.3 Å². The molecule has 0 unspecified atom stereocenters. The highest BCUT2D eigenvalue weighted by Gasteiger charge is 2.03. The first kappa shape index (κ1) is 11.9. The zero-order chi connectivity index (χ0) is 12.1. The molecule has 92 valence electrons. The molecular weight excluding hydrogens is 214 g/mol. The van der Waals surface area contributed by atoms with Crippen LogP contribution in [0.15, 0.2) is 28.9 Å². The van der Waals surface area contributed by atoms with E-state index < -0.39 is 0 Å². The van der Waals surface area contributed by atoms with E-state index in [0.29, 0.717) is 0 Å². The van der Waals surface area contributed by atoms with Crippen molar-refractivity contribution >= 4 is 0 Å². The van der Waals surface area contributed by atoms with E-state index in [2.05, 4.69) is 23.4 Å². The van der Waals surface area contributed by atoms with E-state index in [1.165, 1.54) is 5.69 Å². The number of rotatable bonds is 6. The first-order chi connectivity index (χ1) is 8.29. The molecule has 0 amide bonds. The first-order valence-electron chi connectivity index (χ1n) is 6.04. The molecular formula is C13H19N3O. The highest BCUT2D eigenvalue weighted by molar-refractivity contribution is 5.10. The molecule has 0 aliphatic rings. The molecule has 1 N–H and O–H groups in total. The van der Waals surface area contributed by atoms with Crippen LogP contribution < -0.4 is 5.32 Å². The van der Waals surface area contributed by atoms with Crippen LogP contribution in [-0.2, 0) is 26.4 Å². The fourth-order valence-corrected chi connectivity index (χ4v) is 1.79. The van der Waals surface area contributed by atoms with E-state index >= 15 is 0 Å². The van der Waals surface area contributed by atoms with Crippen molar-refractivity contribution in [3.8, 4) is 0 Å². The van der Waals surface area contributed by atoms with E-state index in [1.54, 1.807) is 6.26 Å². The Labute approximate surface area is 102 Å². The summed E-state index contributed by atoms with van der Waals surface area (Å²) in [6.45, 7) is 3.89. The zero-order valence-electron chi connectivity index (χ0n) is 10.4. The normalized spacial score (nSPS) is 10.9. The molecule has 0 atom stereocenters. The lowest BCUT2D eigenvalue weighted by molar-refractivity contribution is 0.496. The molecule has 0 aromatic carbocycles. The Morgan fingerprint density at radius 2 is 2.35 bits per heavy atom. The van der Waals surface area contributed by atoms with Crippen molar-refractivity contribution in [2.45, 2.75) is 26.3 Å². The van der Waals surface area contributed by atoms with Crippen molar-refractivity contribution in [3.05, 3.63) is 41.6 Å². The Morgan fingerprint density at radius 1 is 1.47 bits per heavy atom. The van der Waals surface area contributed by atoms with Gasteiger partial charge in [0.2, 0.25) is 0 Å². The topological polar surface area (TPSA) is 43.0 Å². The average molecular weight is 233 g/mol. The van der Waals surface area contributed by atoms with E-state index in [4.69, 9.17) is 4.42 Å². The third-order valence-electron chi connectivity index (χ3n) is 2.82. The highest BCUT2D eigenvalue weighted by Crippen LogP contribution is 2.04. The van der Waals surface area contributed by atoms with E-state index in [9.17, 15) is 0 Å². The summed E-state index contributed by atoms with van der Waals surface area (Å²) >= 11 is 0. The molecule has 2 heterocycles. The van der Waals surface area contributed by atoms with Gasteiger partial charge in [0.25, 0.3) is 0 Å². The SMILES string of the molecule is CCc1cc(CNCCc2ccco2)n(C)n1. The Morgan fingerprint density at radius 3 is 3.00 bits per heavy atom. The van der Waals surface area contributed by atoms with Crippen molar-refractivity contribution in [2.75, 3.05) is 6.54 Å². The van der Waals surface area contributed by atoms with E-state index in [0.717, 1.165) is 37.4 Å². The maximum atomic E-state index is 5.27. The molecule has 2 rings (SSSR count). The standard InChI is InChI=1S/C13H19N3O/c1-3-11-9-12(16(2)15-11)10-14-7-6-13-5-4-8-17-13/h4-5,8-9,14H,3,6-7,10H2,1-2H3. The molecule has 0 fully saturated rings. The van der Waals surface area contributed by atoms with Crippen LogP contribution in [0, 0.1) is 0 Å². The summed E-state index contributed by atoms with van der Waals surface area (Å²) in [4.78, 5) is 0. The van der Waals surface area contributed by atoms with Crippen LogP contribution in [0.25, 0.3) is 0 Å². The van der Waals surface area contributed by atoms with Gasteiger partial charge >= 0.3 is 0 Å². The molecule has 0 bridgehead atoms. The van der Waals surface area contributed by atoms with Gasteiger partial charge in [0.15, 0.2) is 0 Å². The van der Waals surface area contributed by atoms with Gasteiger partial charge in [-0.1, -0.05) is 6.92 Å². The minimum absolute atomic E-state index is 0.851. The van der Waals surface area contributed by atoms with Crippen LogP contribution in [0.3, 0.4) is 0 Å². The molecule has 0 saturated heterocycles. The lowest BCUT2D eigenvalue weighted by atomic mass is 10.3. The Balaban J connectivity index is 1.76. The quantitative estimate of drug-likeness (QED) is 0.775. The Hall–Kier alpha value is -1.55. The number of furan rings is 1. The molecule has 2 aromatic rings. The summed E-state index contributed by atoms with van der Waals surface area (Å²) in [5.74, 6) is 1.02. The second-order valence-electron chi connectivity index (χ2n) is 4.11. The molecule has 4 heteroatoms. The van der Waals surface area contributed by atoms with Crippen LogP contribution >= 0.6 is 0 Å². The largest absolute Gasteiger partial charge is 0.469 e. The highest BCUT2D eigenvalue weighted by atomic mass is 16.3. The maximum Gasteiger partial charge on any atom is 0.105 e.